The summed E-state index contributed by atoms with van der Waals surface area (Å²) in [6, 6.07) is 16.2. The van der Waals surface area contributed by atoms with E-state index < -0.39 is 22.5 Å². The minimum Gasteiger partial charge on any atom is -0.326 e. The van der Waals surface area contributed by atoms with Crippen LogP contribution in [0.5, 0.6) is 0 Å². The number of sulfonamides is 1. The van der Waals surface area contributed by atoms with Gasteiger partial charge in [-0.1, -0.05) is 29.8 Å². The number of anilines is 2. The summed E-state index contributed by atoms with van der Waals surface area (Å²) >= 11 is 5.92. The van der Waals surface area contributed by atoms with Crippen LogP contribution in [-0.4, -0.2) is 36.1 Å². The van der Waals surface area contributed by atoms with Crippen LogP contribution in [0.25, 0.3) is 0 Å². The fraction of sp³-hybridized carbons (Fsp3) is 0.136. The molecule has 1 heterocycles. The molecular formula is C22H21ClN4O4S. The zero-order valence-corrected chi connectivity index (χ0v) is 18.7. The number of rotatable bonds is 8. The molecule has 0 fully saturated rings. The van der Waals surface area contributed by atoms with Gasteiger partial charge in [0.1, 0.15) is 4.90 Å². The van der Waals surface area contributed by atoms with Gasteiger partial charge in [-0.25, -0.2) is 8.42 Å². The predicted octanol–water partition coefficient (Wildman–Crippen LogP) is 3.52. The lowest BCUT2D eigenvalue weighted by atomic mass is 10.2. The Morgan fingerprint density at radius 1 is 1.00 bits per heavy atom. The number of carbonyl (C=O) groups excluding carboxylic acids is 2. The first-order valence-electron chi connectivity index (χ1n) is 9.56. The van der Waals surface area contributed by atoms with E-state index in [0.29, 0.717) is 22.0 Å². The number of amides is 2. The van der Waals surface area contributed by atoms with Crippen molar-refractivity contribution in [2.45, 2.75) is 18.4 Å². The van der Waals surface area contributed by atoms with E-state index >= 15 is 0 Å². The van der Waals surface area contributed by atoms with Crippen LogP contribution in [0.2, 0.25) is 5.02 Å². The van der Waals surface area contributed by atoms with E-state index in [1.807, 2.05) is 0 Å². The molecule has 0 aliphatic heterocycles. The molecule has 0 spiro atoms. The summed E-state index contributed by atoms with van der Waals surface area (Å²) in [6.45, 7) is 0.918. The van der Waals surface area contributed by atoms with Crippen LogP contribution in [0, 0.1) is 0 Å². The molecule has 32 heavy (non-hydrogen) atoms. The Morgan fingerprint density at radius 2 is 1.69 bits per heavy atom. The number of halogens is 1. The van der Waals surface area contributed by atoms with Crippen molar-refractivity contribution in [2.75, 3.05) is 17.2 Å². The molecule has 166 valence electrons. The molecule has 0 bridgehead atoms. The number of nitrogens with zero attached hydrogens (tertiary/aromatic N) is 2. The van der Waals surface area contributed by atoms with Crippen molar-refractivity contribution in [1.29, 1.82) is 0 Å². The third kappa shape index (κ3) is 6.36. The number of aromatic nitrogens is 1. The van der Waals surface area contributed by atoms with Crippen molar-refractivity contribution in [1.82, 2.24) is 9.29 Å². The van der Waals surface area contributed by atoms with Crippen molar-refractivity contribution < 1.29 is 18.0 Å². The highest BCUT2D eigenvalue weighted by molar-refractivity contribution is 7.89. The quantitative estimate of drug-likeness (QED) is 0.521. The minimum absolute atomic E-state index is 0.0191. The number of hydrogen-bond acceptors (Lipinski definition) is 5. The van der Waals surface area contributed by atoms with Gasteiger partial charge in [0.2, 0.25) is 21.8 Å². The number of benzene rings is 2. The van der Waals surface area contributed by atoms with Crippen LogP contribution >= 0.6 is 11.6 Å². The van der Waals surface area contributed by atoms with Crippen molar-refractivity contribution >= 4 is 44.8 Å². The lowest BCUT2D eigenvalue weighted by Crippen LogP contribution is -2.37. The molecule has 2 aromatic carbocycles. The molecule has 1 aromatic heterocycles. The molecule has 0 unspecified atom stereocenters. The van der Waals surface area contributed by atoms with Gasteiger partial charge in [0.05, 0.1) is 6.54 Å². The van der Waals surface area contributed by atoms with Crippen molar-refractivity contribution in [3.63, 3.8) is 0 Å². The largest absolute Gasteiger partial charge is 0.326 e. The molecule has 3 aromatic rings. The number of carbonyl (C=O) groups is 2. The molecule has 0 aliphatic rings. The highest BCUT2D eigenvalue weighted by Crippen LogP contribution is 2.20. The minimum atomic E-state index is -4.00. The van der Waals surface area contributed by atoms with Gasteiger partial charge in [-0.15, -0.1) is 0 Å². The van der Waals surface area contributed by atoms with Crippen molar-refractivity contribution in [3.8, 4) is 0 Å². The second kappa shape index (κ2) is 10.4. The van der Waals surface area contributed by atoms with E-state index in [0.717, 1.165) is 4.31 Å². The van der Waals surface area contributed by atoms with E-state index in [1.54, 1.807) is 48.5 Å². The van der Waals surface area contributed by atoms with E-state index in [1.165, 1.54) is 31.5 Å². The van der Waals surface area contributed by atoms with Crippen LogP contribution < -0.4 is 10.6 Å². The molecule has 0 aliphatic carbocycles. The summed E-state index contributed by atoms with van der Waals surface area (Å²) in [7, 11) is -4.00. The van der Waals surface area contributed by atoms with Gasteiger partial charge in [0, 0.05) is 42.3 Å². The fourth-order valence-electron chi connectivity index (χ4n) is 2.91. The monoisotopic (exact) mass is 472 g/mol. The second-order valence-electron chi connectivity index (χ2n) is 6.90. The third-order valence-electron chi connectivity index (χ3n) is 4.33. The van der Waals surface area contributed by atoms with Gasteiger partial charge < -0.3 is 10.6 Å². The fourth-order valence-corrected chi connectivity index (χ4v) is 4.38. The Labute approximate surface area is 191 Å². The summed E-state index contributed by atoms with van der Waals surface area (Å²) in [4.78, 5) is 27.8. The molecule has 2 amide bonds. The highest BCUT2D eigenvalue weighted by atomic mass is 35.5. The smallest absolute Gasteiger partial charge is 0.245 e. The van der Waals surface area contributed by atoms with Crippen LogP contribution in [0.3, 0.4) is 0 Å². The molecule has 3 rings (SSSR count). The topological polar surface area (TPSA) is 108 Å². The SMILES string of the molecule is CC(=O)Nc1cccc(NC(=O)CN(Cc2ccc(Cl)cc2)S(=O)(=O)c2cccnc2)c1. The zero-order chi connectivity index (χ0) is 23.1. The first-order valence-corrected chi connectivity index (χ1v) is 11.4. The summed E-state index contributed by atoms with van der Waals surface area (Å²) in [5, 5.41) is 5.82. The molecule has 2 N–H and O–H groups in total. The maximum absolute atomic E-state index is 13.2. The second-order valence-corrected chi connectivity index (χ2v) is 9.27. The zero-order valence-electron chi connectivity index (χ0n) is 17.2. The average Bonchev–Trinajstić information content (AvgIpc) is 2.75. The Balaban J connectivity index is 1.82. The number of hydrogen-bond donors (Lipinski definition) is 2. The number of pyridine rings is 1. The maximum Gasteiger partial charge on any atom is 0.245 e. The van der Waals surface area contributed by atoms with Crippen LogP contribution in [0.1, 0.15) is 12.5 Å². The summed E-state index contributed by atoms with van der Waals surface area (Å²) in [5.74, 6) is -0.781. The standard InChI is InChI=1S/C22H21ClN4O4S/c1-16(28)25-19-4-2-5-20(12-19)26-22(29)15-27(14-17-7-9-18(23)10-8-17)32(30,31)21-6-3-11-24-13-21/h2-13H,14-15H2,1H3,(H,25,28)(H,26,29). The predicted molar refractivity (Wildman–Crippen MR) is 123 cm³/mol. The molecule has 0 radical (unpaired) electrons. The lowest BCUT2D eigenvalue weighted by Gasteiger charge is -2.22. The Kier molecular flexibility index (Phi) is 7.57. The van der Waals surface area contributed by atoms with E-state index in [9.17, 15) is 18.0 Å². The van der Waals surface area contributed by atoms with Gasteiger partial charge in [-0.2, -0.15) is 4.31 Å². The molecule has 10 heteroatoms. The van der Waals surface area contributed by atoms with Crippen LogP contribution in [0.15, 0.2) is 78.0 Å². The lowest BCUT2D eigenvalue weighted by molar-refractivity contribution is -0.116. The normalized spacial score (nSPS) is 11.2. The Hall–Kier alpha value is -3.27. The third-order valence-corrected chi connectivity index (χ3v) is 6.36. The first-order chi connectivity index (χ1) is 15.2. The van der Waals surface area contributed by atoms with Gasteiger partial charge in [-0.05, 0) is 48.0 Å². The molecule has 0 saturated heterocycles. The van der Waals surface area contributed by atoms with Crippen molar-refractivity contribution in [2.24, 2.45) is 0 Å². The number of nitrogens with one attached hydrogen (secondary N) is 2. The van der Waals surface area contributed by atoms with Gasteiger partial charge in [0.25, 0.3) is 0 Å². The van der Waals surface area contributed by atoms with Gasteiger partial charge >= 0.3 is 0 Å². The van der Waals surface area contributed by atoms with E-state index in [-0.39, 0.29) is 17.3 Å². The molecular weight excluding hydrogens is 452 g/mol. The summed E-state index contributed by atoms with van der Waals surface area (Å²) in [5.41, 5.74) is 1.60. The average molecular weight is 473 g/mol. The van der Waals surface area contributed by atoms with Gasteiger partial charge in [-0.3, -0.25) is 14.6 Å². The van der Waals surface area contributed by atoms with Crippen LogP contribution in [-0.2, 0) is 26.2 Å². The summed E-state index contributed by atoms with van der Waals surface area (Å²) < 4.78 is 27.5. The van der Waals surface area contributed by atoms with E-state index in [2.05, 4.69) is 15.6 Å². The van der Waals surface area contributed by atoms with Crippen LogP contribution in [0.4, 0.5) is 11.4 Å². The van der Waals surface area contributed by atoms with Crippen molar-refractivity contribution in [3.05, 3.63) is 83.6 Å². The summed E-state index contributed by atoms with van der Waals surface area (Å²) in [6.07, 6.45) is 2.70. The molecule has 8 nitrogen and oxygen atoms in total. The highest BCUT2D eigenvalue weighted by Gasteiger charge is 2.27. The molecule has 0 saturated carbocycles. The maximum atomic E-state index is 13.2. The molecule has 0 atom stereocenters. The Morgan fingerprint density at radius 3 is 2.31 bits per heavy atom. The van der Waals surface area contributed by atoms with E-state index in [4.69, 9.17) is 11.6 Å². The first kappa shape index (κ1) is 23.4. The Bertz CT molecular complexity index is 1200. The van der Waals surface area contributed by atoms with Gasteiger partial charge in [0.15, 0.2) is 0 Å².